The third-order valence-corrected chi connectivity index (χ3v) is 8.55. The van der Waals surface area contributed by atoms with Crippen molar-refractivity contribution in [3.8, 4) is 27.8 Å². The summed E-state index contributed by atoms with van der Waals surface area (Å²) in [6.07, 6.45) is 0.510. The van der Waals surface area contributed by atoms with Crippen molar-refractivity contribution in [3.63, 3.8) is 0 Å². The number of nitriles is 1. The Morgan fingerprint density at radius 3 is 2.68 bits per heavy atom. The zero-order valence-corrected chi connectivity index (χ0v) is 17.5. The summed E-state index contributed by atoms with van der Waals surface area (Å²) in [5.74, 6) is 0. The van der Waals surface area contributed by atoms with Crippen molar-refractivity contribution in [1.29, 1.82) is 5.26 Å². The van der Waals surface area contributed by atoms with E-state index in [1.54, 1.807) is 11.3 Å². The average molecular weight is 424 g/mol. The Kier molecular flexibility index (Phi) is 5.38. The van der Waals surface area contributed by atoms with E-state index in [4.69, 9.17) is 10.7 Å². The maximum absolute atomic E-state index is 13.0. The monoisotopic (exact) mass is 423 g/mol. The van der Waals surface area contributed by atoms with Gasteiger partial charge in [-0.05, 0) is 28.6 Å². The molecule has 2 atom stereocenters. The van der Waals surface area contributed by atoms with Crippen LogP contribution in [0.2, 0.25) is 0 Å². The van der Waals surface area contributed by atoms with E-state index in [1.165, 1.54) is 11.3 Å². The van der Waals surface area contributed by atoms with E-state index >= 15 is 0 Å². The Hall–Kier alpha value is -2.37. The number of nitrogen functional groups attached to an aromatic ring is 1. The molecule has 0 radical (unpaired) electrons. The number of rotatable bonds is 5. The standard InChI is InChI=1S/C21H17N3OS3/c1-2-14(12-22)28(25)21-19(23)18-15(13-7-4-3-5-8-13)11-16(24-20(18)27-21)17-9-6-10-26-17/h3-11,14H,2,23H2,1H3. The Balaban J connectivity index is 1.98. The molecule has 0 aliphatic heterocycles. The highest BCUT2D eigenvalue weighted by Crippen LogP contribution is 2.44. The normalized spacial score (nSPS) is 13.3. The molecule has 3 heterocycles. The number of benzene rings is 1. The second-order valence-corrected chi connectivity index (χ2v) is 9.98. The molecular formula is C21H17N3OS3. The summed E-state index contributed by atoms with van der Waals surface area (Å²) < 4.78 is 13.5. The van der Waals surface area contributed by atoms with Crippen LogP contribution in [-0.4, -0.2) is 14.8 Å². The predicted molar refractivity (Wildman–Crippen MR) is 119 cm³/mol. The van der Waals surface area contributed by atoms with E-state index in [9.17, 15) is 9.81 Å². The number of nitrogens with zero attached hydrogens (tertiary/aromatic N) is 2. The SMILES string of the molecule is CCC(C#N)[S+]([O-])c1sc2nc(-c3cccs3)cc(-c3ccccc3)c2c1N. The van der Waals surface area contributed by atoms with Gasteiger partial charge in [0.05, 0.1) is 10.6 Å². The lowest BCUT2D eigenvalue weighted by Gasteiger charge is -2.12. The highest BCUT2D eigenvalue weighted by molar-refractivity contribution is 7.94. The van der Waals surface area contributed by atoms with Crippen LogP contribution < -0.4 is 5.73 Å². The van der Waals surface area contributed by atoms with Crippen LogP contribution in [0.1, 0.15) is 13.3 Å². The van der Waals surface area contributed by atoms with Crippen LogP contribution >= 0.6 is 22.7 Å². The van der Waals surface area contributed by atoms with Gasteiger partial charge in [0, 0.05) is 23.0 Å². The van der Waals surface area contributed by atoms with Crippen LogP contribution in [-0.2, 0) is 11.2 Å². The first-order chi connectivity index (χ1) is 13.6. The second kappa shape index (κ2) is 7.94. The summed E-state index contributed by atoms with van der Waals surface area (Å²) in [6.45, 7) is 1.86. The summed E-state index contributed by atoms with van der Waals surface area (Å²) >= 11 is 1.48. The first-order valence-corrected chi connectivity index (χ1v) is 11.7. The highest BCUT2D eigenvalue weighted by atomic mass is 32.2. The zero-order valence-electron chi connectivity index (χ0n) is 15.1. The van der Waals surface area contributed by atoms with Crippen molar-refractivity contribution >= 4 is 49.8 Å². The van der Waals surface area contributed by atoms with Gasteiger partial charge in [-0.1, -0.05) is 54.7 Å². The minimum atomic E-state index is -1.48. The number of aromatic nitrogens is 1. The fourth-order valence-corrected chi connectivity index (χ4v) is 6.50. The molecule has 140 valence electrons. The van der Waals surface area contributed by atoms with Gasteiger partial charge in [0.25, 0.3) is 0 Å². The molecule has 4 rings (SSSR count). The highest BCUT2D eigenvalue weighted by Gasteiger charge is 2.30. The molecule has 7 heteroatoms. The van der Waals surface area contributed by atoms with E-state index in [0.717, 1.165) is 31.9 Å². The molecule has 0 aliphatic carbocycles. The van der Waals surface area contributed by atoms with Crippen LogP contribution in [0.5, 0.6) is 0 Å². The Bertz CT molecular complexity index is 1150. The van der Waals surface area contributed by atoms with Crippen molar-refractivity contribution in [3.05, 3.63) is 53.9 Å². The number of hydrogen-bond donors (Lipinski definition) is 1. The third-order valence-electron chi connectivity index (χ3n) is 4.48. The Morgan fingerprint density at radius 2 is 2.04 bits per heavy atom. The van der Waals surface area contributed by atoms with Gasteiger partial charge >= 0.3 is 0 Å². The van der Waals surface area contributed by atoms with Gasteiger partial charge in [-0.3, -0.25) is 0 Å². The van der Waals surface area contributed by atoms with E-state index < -0.39 is 16.4 Å². The molecule has 28 heavy (non-hydrogen) atoms. The lowest BCUT2D eigenvalue weighted by atomic mass is 10.0. The van der Waals surface area contributed by atoms with Crippen molar-refractivity contribution in [1.82, 2.24) is 4.98 Å². The molecule has 0 fully saturated rings. The first kappa shape index (κ1) is 19.0. The molecule has 0 saturated carbocycles. The number of pyridine rings is 1. The minimum absolute atomic E-state index is 0.469. The minimum Gasteiger partial charge on any atom is -0.610 e. The molecule has 1 aromatic carbocycles. The van der Waals surface area contributed by atoms with Gasteiger partial charge in [-0.2, -0.15) is 5.26 Å². The average Bonchev–Trinajstić information content (AvgIpc) is 3.37. The van der Waals surface area contributed by atoms with Crippen LogP contribution in [0.3, 0.4) is 0 Å². The van der Waals surface area contributed by atoms with E-state index in [-0.39, 0.29) is 0 Å². The van der Waals surface area contributed by atoms with E-state index in [2.05, 4.69) is 6.07 Å². The van der Waals surface area contributed by atoms with Crippen LogP contribution in [0.25, 0.3) is 31.9 Å². The molecule has 4 nitrogen and oxygen atoms in total. The molecule has 0 saturated heterocycles. The van der Waals surface area contributed by atoms with Crippen LogP contribution in [0.4, 0.5) is 5.69 Å². The van der Waals surface area contributed by atoms with Gasteiger partial charge in [-0.25, -0.2) is 4.98 Å². The summed E-state index contributed by atoms with van der Waals surface area (Å²) in [5.41, 5.74) is 9.80. The van der Waals surface area contributed by atoms with Crippen molar-refractivity contribution < 1.29 is 4.55 Å². The lowest BCUT2D eigenvalue weighted by Crippen LogP contribution is -2.18. The molecule has 0 amide bonds. The number of hydrogen-bond acceptors (Lipinski definition) is 6. The van der Waals surface area contributed by atoms with Crippen LogP contribution in [0, 0.1) is 11.3 Å². The van der Waals surface area contributed by atoms with E-state index in [0.29, 0.717) is 16.3 Å². The smallest absolute Gasteiger partial charge is 0.233 e. The fourth-order valence-electron chi connectivity index (χ4n) is 3.07. The molecular weight excluding hydrogens is 406 g/mol. The summed E-state index contributed by atoms with van der Waals surface area (Å²) in [5, 5.41) is 11.6. The van der Waals surface area contributed by atoms with E-state index in [1.807, 2.05) is 60.8 Å². The van der Waals surface area contributed by atoms with Gasteiger partial charge in [-0.15, -0.1) is 11.3 Å². The number of anilines is 1. The number of nitrogens with two attached hydrogens (primary N) is 1. The fraction of sp³-hybridized carbons (Fsp3) is 0.143. The lowest BCUT2D eigenvalue weighted by molar-refractivity contribution is 0.589. The van der Waals surface area contributed by atoms with Gasteiger partial charge < -0.3 is 10.3 Å². The summed E-state index contributed by atoms with van der Waals surface area (Å²) in [7, 11) is 0. The van der Waals surface area contributed by atoms with Crippen molar-refractivity contribution in [2.24, 2.45) is 0 Å². The van der Waals surface area contributed by atoms with Crippen molar-refractivity contribution in [2.45, 2.75) is 22.8 Å². The Morgan fingerprint density at radius 1 is 1.25 bits per heavy atom. The maximum atomic E-state index is 13.0. The second-order valence-electron chi connectivity index (χ2n) is 6.21. The van der Waals surface area contributed by atoms with Crippen molar-refractivity contribution in [2.75, 3.05) is 5.73 Å². The maximum Gasteiger partial charge on any atom is 0.233 e. The molecule has 2 N–H and O–H groups in total. The van der Waals surface area contributed by atoms with Gasteiger partial charge in [0.2, 0.25) is 9.46 Å². The van der Waals surface area contributed by atoms with Crippen LogP contribution in [0.15, 0.2) is 58.1 Å². The number of thiophene rings is 2. The molecule has 4 aromatic rings. The number of fused-ring (bicyclic) bond motifs is 1. The molecule has 3 aromatic heterocycles. The van der Waals surface area contributed by atoms with Gasteiger partial charge in [0.15, 0.2) is 0 Å². The quantitative estimate of drug-likeness (QED) is 0.418. The molecule has 0 bridgehead atoms. The Labute approximate surface area is 174 Å². The summed E-state index contributed by atoms with van der Waals surface area (Å²) in [6, 6.07) is 18.2. The first-order valence-electron chi connectivity index (χ1n) is 8.76. The topological polar surface area (TPSA) is 85.8 Å². The zero-order chi connectivity index (χ0) is 19.7. The van der Waals surface area contributed by atoms with Gasteiger partial charge in [0.1, 0.15) is 16.6 Å². The predicted octanol–water partition coefficient (Wildman–Crippen LogP) is 5.68. The molecule has 2 unspecified atom stereocenters. The molecule has 0 aliphatic rings. The third kappa shape index (κ3) is 3.29. The molecule has 0 spiro atoms. The summed E-state index contributed by atoms with van der Waals surface area (Å²) in [4.78, 5) is 6.63. The largest absolute Gasteiger partial charge is 0.610 e.